The van der Waals surface area contributed by atoms with Gasteiger partial charge < -0.3 is 15.0 Å². The molecule has 41 heavy (non-hydrogen) atoms. The molecule has 0 aromatic heterocycles. The van der Waals surface area contributed by atoms with E-state index in [4.69, 9.17) is 16.3 Å². The topological polar surface area (TPSA) is 96.0 Å². The Morgan fingerprint density at radius 3 is 2.27 bits per heavy atom. The van der Waals surface area contributed by atoms with Gasteiger partial charge in [-0.05, 0) is 79.4 Å². The number of aryl methyl sites for hydroxylation is 1. The van der Waals surface area contributed by atoms with E-state index in [1.165, 1.54) is 29.2 Å². The molecule has 0 spiro atoms. The Morgan fingerprint density at radius 1 is 1.00 bits per heavy atom. The van der Waals surface area contributed by atoms with Gasteiger partial charge in [0, 0.05) is 18.1 Å². The lowest BCUT2D eigenvalue weighted by Gasteiger charge is -2.33. The summed E-state index contributed by atoms with van der Waals surface area (Å²) in [6, 6.07) is 19.2. The highest BCUT2D eigenvalue weighted by Gasteiger charge is 2.33. The van der Waals surface area contributed by atoms with Crippen LogP contribution in [0.1, 0.15) is 44.2 Å². The van der Waals surface area contributed by atoms with E-state index in [2.05, 4.69) is 5.32 Å². The van der Waals surface area contributed by atoms with Crippen molar-refractivity contribution in [1.82, 2.24) is 10.2 Å². The third-order valence-electron chi connectivity index (χ3n) is 6.70. The lowest BCUT2D eigenvalue weighted by molar-refractivity contribution is -0.140. The van der Waals surface area contributed by atoms with E-state index in [0.717, 1.165) is 28.3 Å². The number of rotatable bonds is 14. The summed E-state index contributed by atoms with van der Waals surface area (Å²) in [5, 5.41) is 3.33. The van der Waals surface area contributed by atoms with Crippen molar-refractivity contribution in [3.8, 4) is 5.75 Å². The van der Waals surface area contributed by atoms with E-state index in [1.54, 1.807) is 37.4 Å². The van der Waals surface area contributed by atoms with Crippen LogP contribution in [0.2, 0.25) is 5.02 Å². The number of hydrogen-bond donors (Lipinski definition) is 1. The molecule has 3 aromatic carbocycles. The van der Waals surface area contributed by atoms with Crippen molar-refractivity contribution in [3.63, 3.8) is 0 Å². The van der Waals surface area contributed by atoms with Gasteiger partial charge in [-0.1, -0.05) is 56.1 Å². The molecule has 2 amide bonds. The molecule has 1 N–H and O–H groups in total. The summed E-state index contributed by atoms with van der Waals surface area (Å²) in [5.41, 5.74) is 1.96. The number of carbonyl (C=O) groups is 2. The van der Waals surface area contributed by atoms with Crippen LogP contribution in [0.5, 0.6) is 5.75 Å². The number of sulfonamides is 1. The minimum absolute atomic E-state index is 0.00209. The number of anilines is 1. The molecule has 8 nitrogen and oxygen atoms in total. The lowest BCUT2D eigenvalue weighted by Crippen LogP contribution is -2.52. The van der Waals surface area contributed by atoms with E-state index < -0.39 is 28.5 Å². The van der Waals surface area contributed by atoms with Gasteiger partial charge >= 0.3 is 0 Å². The van der Waals surface area contributed by atoms with Crippen LogP contribution in [0.15, 0.2) is 77.7 Å². The number of hydrogen-bond acceptors (Lipinski definition) is 5. The summed E-state index contributed by atoms with van der Waals surface area (Å²) in [4.78, 5) is 28.8. The molecule has 10 heteroatoms. The number of benzene rings is 3. The summed E-state index contributed by atoms with van der Waals surface area (Å²) in [6.45, 7) is 5.83. The van der Waals surface area contributed by atoms with Crippen LogP contribution in [-0.2, 0) is 26.2 Å². The molecular weight excluding hydrogens is 562 g/mol. The van der Waals surface area contributed by atoms with Crippen LogP contribution >= 0.6 is 11.6 Å². The van der Waals surface area contributed by atoms with Gasteiger partial charge in [-0.3, -0.25) is 13.9 Å². The molecule has 220 valence electrons. The fourth-order valence-corrected chi connectivity index (χ4v) is 5.93. The van der Waals surface area contributed by atoms with Gasteiger partial charge in [-0.15, -0.1) is 0 Å². The molecule has 1 atom stereocenters. The maximum atomic E-state index is 14.1. The number of ether oxygens (including phenoxy) is 1. The number of amides is 2. The molecule has 0 radical (unpaired) electrons. The van der Waals surface area contributed by atoms with Crippen molar-refractivity contribution < 1.29 is 22.7 Å². The van der Waals surface area contributed by atoms with E-state index in [-0.39, 0.29) is 17.3 Å². The zero-order chi connectivity index (χ0) is 30.0. The predicted molar refractivity (Wildman–Crippen MR) is 163 cm³/mol. The van der Waals surface area contributed by atoms with Gasteiger partial charge in [-0.2, -0.15) is 0 Å². The summed E-state index contributed by atoms with van der Waals surface area (Å²) >= 11 is 6.01. The van der Waals surface area contributed by atoms with Gasteiger partial charge in [0.05, 0.1) is 17.7 Å². The predicted octanol–water partition coefficient (Wildman–Crippen LogP) is 5.58. The average Bonchev–Trinajstić information content (AvgIpc) is 2.96. The third kappa shape index (κ3) is 8.47. The standard InChI is InChI=1S/C31H38ClN3O5S/c1-5-7-19-33-31(37)29(6-2)34(21-24-11-15-27(40-4)16-12-24)30(36)22-35(26-10-8-9-23(3)20-26)41(38,39)28-17-13-25(32)14-18-28/h8-18,20,29H,5-7,19,21-22H2,1-4H3,(H,33,37). The molecule has 3 aromatic rings. The molecule has 0 bridgehead atoms. The largest absolute Gasteiger partial charge is 0.497 e. The number of nitrogens with one attached hydrogen (secondary N) is 1. The second-order valence-electron chi connectivity index (χ2n) is 9.74. The maximum Gasteiger partial charge on any atom is 0.264 e. The Hall–Kier alpha value is -3.56. The fraction of sp³-hybridized carbons (Fsp3) is 0.355. The highest BCUT2D eigenvalue weighted by atomic mass is 35.5. The smallest absolute Gasteiger partial charge is 0.264 e. The van der Waals surface area contributed by atoms with E-state index >= 15 is 0 Å². The van der Waals surface area contributed by atoms with E-state index in [1.807, 2.05) is 39.0 Å². The highest BCUT2D eigenvalue weighted by molar-refractivity contribution is 7.92. The molecule has 3 rings (SSSR count). The first-order valence-electron chi connectivity index (χ1n) is 13.7. The number of unbranched alkanes of at least 4 members (excludes halogenated alkanes) is 1. The zero-order valence-electron chi connectivity index (χ0n) is 24.0. The van der Waals surface area contributed by atoms with Crippen LogP contribution in [0.4, 0.5) is 5.69 Å². The lowest BCUT2D eigenvalue weighted by atomic mass is 10.1. The molecule has 0 aliphatic heterocycles. The number of nitrogens with zero attached hydrogens (tertiary/aromatic N) is 2. The normalized spacial score (nSPS) is 11.9. The van der Waals surface area contributed by atoms with Gasteiger partial charge in [-0.25, -0.2) is 8.42 Å². The van der Waals surface area contributed by atoms with Gasteiger partial charge in [0.1, 0.15) is 18.3 Å². The number of halogens is 1. The summed E-state index contributed by atoms with van der Waals surface area (Å²) in [5.74, 6) is -0.113. The summed E-state index contributed by atoms with van der Waals surface area (Å²) in [6.07, 6.45) is 2.09. The minimum Gasteiger partial charge on any atom is -0.497 e. The zero-order valence-corrected chi connectivity index (χ0v) is 25.5. The minimum atomic E-state index is -4.16. The number of carbonyl (C=O) groups excluding carboxylic acids is 2. The molecule has 0 fully saturated rings. The Bertz CT molecular complexity index is 1410. The Kier molecular flexibility index (Phi) is 11.6. The van der Waals surface area contributed by atoms with Crippen molar-refractivity contribution in [2.45, 2.75) is 57.5 Å². The van der Waals surface area contributed by atoms with Crippen LogP contribution in [0, 0.1) is 6.92 Å². The molecule has 0 saturated heterocycles. The second-order valence-corrected chi connectivity index (χ2v) is 12.0. The van der Waals surface area contributed by atoms with Gasteiger partial charge in [0.25, 0.3) is 10.0 Å². The first kappa shape index (κ1) is 32.0. The molecule has 1 unspecified atom stereocenters. The molecule has 0 aliphatic rings. The van der Waals surface area contributed by atoms with Crippen molar-refractivity contribution in [2.24, 2.45) is 0 Å². The van der Waals surface area contributed by atoms with Gasteiger partial charge in [0.15, 0.2) is 0 Å². The first-order chi connectivity index (χ1) is 19.6. The van der Waals surface area contributed by atoms with Crippen LogP contribution < -0.4 is 14.4 Å². The van der Waals surface area contributed by atoms with Crippen LogP contribution in [0.3, 0.4) is 0 Å². The fourth-order valence-electron chi connectivity index (χ4n) is 4.40. The molecule has 0 aliphatic carbocycles. The Morgan fingerprint density at radius 2 is 1.68 bits per heavy atom. The quantitative estimate of drug-likeness (QED) is 0.244. The summed E-state index contributed by atoms with van der Waals surface area (Å²) in [7, 11) is -2.59. The van der Waals surface area contributed by atoms with E-state index in [0.29, 0.717) is 29.4 Å². The van der Waals surface area contributed by atoms with Crippen molar-refractivity contribution in [1.29, 1.82) is 0 Å². The van der Waals surface area contributed by atoms with Gasteiger partial charge in [0.2, 0.25) is 11.8 Å². The van der Waals surface area contributed by atoms with Crippen LogP contribution in [-0.4, -0.2) is 51.4 Å². The third-order valence-corrected chi connectivity index (χ3v) is 8.74. The first-order valence-corrected chi connectivity index (χ1v) is 15.5. The Balaban J connectivity index is 2.03. The van der Waals surface area contributed by atoms with Crippen LogP contribution in [0.25, 0.3) is 0 Å². The van der Waals surface area contributed by atoms with Crippen molar-refractivity contribution in [3.05, 3.63) is 88.9 Å². The second kappa shape index (κ2) is 14.9. The monoisotopic (exact) mass is 599 g/mol. The summed E-state index contributed by atoms with van der Waals surface area (Å²) < 4.78 is 34.2. The average molecular weight is 600 g/mol. The Labute approximate surface area is 248 Å². The molecule has 0 heterocycles. The van der Waals surface area contributed by atoms with E-state index in [9.17, 15) is 18.0 Å². The van der Waals surface area contributed by atoms with Crippen molar-refractivity contribution >= 4 is 39.1 Å². The number of methoxy groups -OCH3 is 1. The van der Waals surface area contributed by atoms with Crippen molar-refractivity contribution in [2.75, 3.05) is 24.5 Å². The maximum absolute atomic E-state index is 14.1. The highest BCUT2D eigenvalue weighted by Crippen LogP contribution is 2.26. The molecule has 0 saturated carbocycles. The molecular formula is C31H38ClN3O5S. The SMILES string of the molecule is CCCCNC(=O)C(CC)N(Cc1ccc(OC)cc1)C(=O)CN(c1cccc(C)c1)S(=O)(=O)c1ccc(Cl)cc1.